The molecule has 0 aromatic rings. The first-order chi connectivity index (χ1) is 6.34. The Kier molecular flexibility index (Phi) is 4.34. The van der Waals surface area contributed by atoms with Crippen molar-refractivity contribution < 1.29 is 19.1 Å². The summed E-state index contributed by atoms with van der Waals surface area (Å²) in [5.74, 6) is -2.32. The second-order valence-electron chi connectivity index (χ2n) is 3.07. The lowest BCUT2D eigenvalue weighted by molar-refractivity contribution is -0.213. The maximum absolute atomic E-state index is 10.8. The van der Waals surface area contributed by atoms with Crippen molar-refractivity contribution >= 4 is 11.9 Å². The molecule has 0 rings (SSSR count). The molecule has 0 aromatic heterocycles. The van der Waals surface area contributed by atoms with E-state index in [1.165, 1.54) is 13.8 Å². The molecular formula is C10H16O4. The predicted octanol–water partition coefficient (Wildman–Crippen LogP) is 1.79. The average Bonchev–Trinajstić information content (AvgIpc) is 2.00. The highest BCUT2D eigenvalue weighted by molar-refractivity contribution is 5.69. The fraction of sp³-hybridized carbons (Fsp3) is 0.600. The van der Waals surface area contributed by atoms with E-state index in [0.29, 0.717) is 12.0 Å². The van der Waals surface area contributed by atoms with Crippen molar-refractivity contribution in [2.24, 2.45) is 0 Å². The molecule has 4 nitrogen and oxygen atoms in total. The van der Waals surface area contributed by atoms with Crippen molar-refractivity contribution in [2.75, 3.05) is 0 Å². The fourth-order valence-corrected chi connectivity index (χ4v) is 1.11. The van der Waals surface area contributed by atoms with E-state index in [1.54, 1.807) is 13.8 Å². The van der Waals surface area contributed by atoms with E-state index >= 15 is 0 Å². The van der Waals surface area contributed by atoms with Gasteiger partial charge in [0.15, 0.2) is 0 Å². The Morgan fingerprint density at radius 3 is 1.64 bits per heavy atom. The molecule has 0 aliphatic heterocycles. The molecule has 0 unspecified atom stereocenters. The first-order valence-corrected chi connectivity index (χ1v) is 4.39. The van der Waals surface area contributed by atoms with Crippen LogP contribution in [0.1, 0.15) is 34.1 Å². The van der Waals surface area contributed by atoms with Gasteiger partial charge in [-0.25, -0.2) is 0 Å². The van der Waals surface area contributed by atoms with Gasteiger partial charge in [-0.05, 0) is 6.92 Å². The molecule has 0 saturated heterocycles. The van der Waals surface area contributed by atoms with E-state index < -0.39 is 17.7 Å². The van der Waals surface area contributed by atoms with Gasteiger partial charge in [-0.3, -0.25) is 9.59 Å². The third-order valence-electron chi connectivity index (χ3n) is 1.73. The number of carbonyl (C=O) groups excluding carboxylic acids is 2. The highest BCUT2D eigenvalue weighted by Crippen LogP contribution is 2.26. The zero-order valence-electron chi connectivity index (χ0n) is 9.05. The normalized spacial score (nSPS) is 10.6. The van der Waals surface area contributed by atoms with Crippen LogP contribution in [0.4, 0.5) is 0 Å². The van der Waals surface area contributed by atoms with Crippen molar-refractivity contribution in [3.8, 4) is 0 Å². The molecule has 0 N–H and O–H groups in total. The summed E-state index contributed by atoms with van der Waals surface area (Å²) in [6, 6.07) is 0. The van der Waals surface area contributed by atoms with Crippen molar-refractivity contribution in [2.45, 2.75) is 39.9 Å². The van der Waals surface area contributed by atoms with Crippen LogP contribution in [0, 0.1) is 0 Å². The zero-order chi connectivity index (χ0) is 11.4. The lowest BCUT2D eigenvalue weighted by Crippen LogP contribution is -2.39. The van der Waals surface area contributed by atoms with Gasteiger partial charge in [-0.1, -0.05) is 13.5 Å². The summed E-state index contributed by atoms with van der Waals surface area (Å²) in [6.07, 6.45) is 0.349. The lowest BCUT2D eigenvalue weighted by atomic mass is 10.1. The Morgan fingerprint density at radius 1 is 1.14 bits per heavy atom. The Morgan fingerprint density at radius 2 is 1.50 bits per heavy atom. The summed E-state index contributed by atoms with van der Waals surface area (Å²) in [4.78, 5) is 21.7. The fourth-order valence-electron chi connectivity index (χ4n) is 1.11. The van der Waals surface area contributed by atoms with Crippen LogP contribution in [0.3, 0.4) is 0 Å². The van der Waals surface area contributed by atoms with Crippen molar-refractivity contribution in [1.29, 1.82) is 0 Å². The van der Waals surface area contributed by atoms with Gasteiger partial charge in [-0.2, -0.15) is 0 Å². The maximum Gasteiger partial charge on any atom is 0.306 e. The molecule has 0 fully saturated rings. The molecule has 0 bridgehead atoms. The SMILES string of the molecule is C=C(C)C(CC)(OC(C)=O)OC(C)=O. The summed E-state index contributed by atoms with van der Waals surface area (Å²) in [5.41, 5.74) is 0.491. The highest BCUT2D eigenvalue weighted by atomic mass is 16.7. The van der Waals surface area contributed by atoms with E-state index in [2.05, 4.69) is 6.58 Å². The van der Waals surface area contributed by atoms with E-state index in [-0.39, 0.29) is 0 Å². The van der Waals surface area contributed by atoms with Crippen molar-refractivity contribution in [3.05, 3.63) is 12.2 Å². The minimum atomic E-state index is -1.31. The van der Waals surface area contributed by atoms with Crippen LogP contribution >= 0.6 is 0 Å². The summed E-state index contributed by atoms with van der Waals surface area (Å²) in [6.45, 7) is 9.57. The van der Waals surface area contributed by atoms with Gasteiger partial charge >= 0.3 is 11.9 Å². The quantitative estimate of drug-likeness (QED) is 0.394. The number of carbonyl (C=O) groups is 2. The van der Waals surface area contributed by atoms with E-state index in [0.717, 1.165) is 0 Å². The number of hydrogen-bond acceptors (Lipinski definition) is 4. The smallest absolute Gasteiger partial charge is 0.306 e. The molecule has 4 heteroatoms. The molecule has 0 aromatic carbocycles. The molecule has 0 atom stereocenters. The second kappa shape index (κ2) is 4.79. The molecule has 14 heavy (non-hydrogen) atoms. The van der Waals surface area contributed by atoms with Crippen molar-refractivity contribution in [1.82, 2.24) is 0 Å². The van der Waals surface area contributed by atoms with Crippen LogP contribution in [0.25, 0.3) is 0 Å². The van der Waals surface area contributed by atoms with Crippen molar-refractivity contribution in [3.63, 3.8) is 0 Å². The third kappa shape index (κ3) is 3.20. The summed E-state index contributed by atoms with van der Waals surface area (Å²) in [7, 11) is 0. The minimum absolute atomic E-state index is 0.349. The number of hydrogen-bond donors (Lipinski definition) is 0. The topological polar surface area (TPSA) is 52.6 Å². The first kappa shape index (κ1) is 12.7. The molecule has 0 amide bonds. The van der Waals surface area contributed by atoms with Gasteiger partial charge in [0.2, 0.25) is 0 Å². The molecule has 80 valence electrons. The van der Waals surface area contributed by atoms with Gasteiger partial charge < -0.3 is 9.47 Å². The number of ether oxygens (including phenoxy) is 2. The van der Waals surface area contributed by atoms with Crippen LogP contribution in [0.15, 0.2) is 12.2 Å². The maximum atomic E-state index is 10.8. The second-order valence-corrected chi connectivity index (χ2v) is 3.07. The van der Waals surface area contributed by atoms with E-state index in [4.69, 9.17) is 9.47 Å². The van der Waals surface area contributed by atoms with Crippen LogP contribution in [0.2, 0.25) is 0 Å². The Bertz CT molecular complexity index is 239. The molecule has 0 spiro atoms. The monoisotopic (exact) mass is 200 g/mol. The van der Waals surface area contributed by atoms with E-state index in [9.17, 15) is 9.59 Å². The van der Waals surface area contributed by atoms with Gasteiger partial charge in [0.05, 0.1) is 0 Å². The summed E-state index contributed by atoms with van der Waals surface area (Å²) in [5, 5.41) is 0. The van der Waals surface area contributed by atoms with Gasteiger partial charge in [0.1, 0.15) is 0 Å². The predicted molar refractivity (Wildman–Crippen MR) is 51.4 cm³/mol. The Labute approximate surface area is 83.9 Å². The minimum Gasteiger partial charge on any atom is -0.418 e. The summed E-state index contributed by atoms with van der Waals surface area (Å²) < 4.78 is 9.96. The van der Waals surface area contributed by atoms with Gasteiger partial charge in [0, 0.05) is 25.8 Å². The van der Waals surface area contributed by atoms with Crippen LogP contribution in [-0.2, 0) is 19.1 Å². The molecule has 0 radical (unpaired) electrons. The molecule has 0 saturated carbocycles. The molecular weight excluding hydrogens is 184 g/mol. The van der Waals surface area contributed by atoms with Crippen LogP contribution in [-0.4, -0.2) is 17.7 Å². The Hall–Kier alpha value is -1.32. The lowest BCUT2D eigenvalue weighted by Gasteiger charge is -2.31. The van der Waals surface area contributed by atoms with E-state index in [1.807, 2.05) is 0 Å². The first-order valence-electron chi connectivity index (χ1n) is 4.39. The summed E-state index contributed by atoms with van der Waals surface area (Å²) >= 11 is 0. The average molecular weight is 200 g/mol. The molecule has 0 aliphatic carbocycles. The number of esters is 2. The molecule has 0 aliphatic rings. The largest absolute Gasteiger partial charge is 0.418 e. The number of rotatable bonds is 4. The van der Waals surface area contributed by atoms with Gasteiger partial charge in [0.25, 0.3) is 5.79 Å². The molecule has 0 heterocycles. The van der Waals surface area contributed by atoms with Crippen LogP contribution < -0.4 is 0 Å². The highest BCUT2D eigenvalue weighted by Gasteiger charge is 2.36. The van der Waals surface area contributed by atoms with Gasteiger partial charge in [-0.15, -0.1) is 0 Å². The Balaban J connectivity index is 4.87. The third-order valence-corrected chi connectivity index (χ3v) is 1.73. The zero-order valence-corrected chi connectivity index (χ0v) is 9.05. The van der Waals surface area contributed by atoms with Crippen LogP contribution in [0.5, 0.6) is 0 Å². The standard InChI is InChI=1S/C10H16O4/c1-6-10(7(2)3,13-8(4)11)14-9(5)12/h2,6H2,1,3-5H3.